The number of hydrogen-bond donors (Lipinski definition) is 1. The zero-order valence-corrected chi connectivity index (χ0v) is 15.1. The zero-order chi connectivity index (χ0) is 18.4. The molecule has 0 saturated heterocycles. The van der Waals surface area contributed by atoms with Crippen molar-refractivity contribution in [3.05, 3.63) is 53.3 Å². The first-order chi connectivity index (χ1) is 11.9. The highest BCUT2D eigenvalue weighted by molar-refractivity contribution is 7.89. The molecule has 0 amide bonds. The lowest BCUT2D eigenvalue weighted by molar-refractivity contribution is 0.0598. The third-order valence-electron chi connectivity index (χ3n) is 3.71. The molecule has 0 atom stereocenters. The van der Waals surface area contributed by atoms with Crippen molar-refractivity contribution in [1.82, 2.24) is 4.31 Å². The van der Waals surface area contributed by atoms with Crippen LogP contribution in [0.2, 0.25) is 0 Å². The highest BCUT2D eigenvalue weighted by atomic mass is 32.2. The van der Waals surface area contributed by atoms with E-state index in [1.807, 2.05) is 30.3 Å². The van der Waals surface area contributed by atoms with Crippen LogP contribution in [0, 0.1) is 6.92 Å². The third kappa shape index (κ3) is 4.47. The second-order valence-corrected chi connectivity index (χ2v) is 7.36. The van der Waals surface area contributed by atoms with E-state index >= 15 is 0 Å². The summed E-state index contributed by atoms with van der Waals surface area (Å²) in [5, 5.41) is -0.279. The number of esters is 1. The fourth-order valence-electron chi connectivity index (χ4n) is 2.36. The van der Waals surface area contributed by atoms with Gasteiger partial charge in [0.2, 0.25) is 5.09 Å². The number of benzene rings is 1. The quantitative estimate of drug-likeness (QED) is 0.716. The van der Waals surface area contributed by atoms with Gasteiger partial charge in [0.15, 0.2) is 0 Å². The molecule has 0 radical (unpaired) electrons. The van der Waals surface area contributed by atoms with Crippen LogP contribution in [0.5, 0.6) is 0 Å². The Bertz CT molecular complexity index is 815. The van der Waals surface area contributed by atoms with E-state index in [1.165, 1.54) is 24.4 Å². The molecular formula is C17H22N2O5S. The Morgan fingerprint density at radius 3 is 2.56 bits per heavy atom. The van der Waals surface area contributed by atoms with Crippen molar-refractivity contribution in [1.29, 1.82) is 0 Å². The summed E-state index contributed by atoms with van der Waals surface area (Å²) >= 11 is 0. The Hall–Kier alpha value is -2.16. The summed E-state index contributed by atoms with van der Waals surface area (Å²) in [4.78, 5) is 11.7. The summed E-state index contributed by atoms with van der Waals surface area (Å²) in [6.45, 7) is 2.33. The Balaban J connectivity index is 2.35. The molecule has 0 spiro atoms. The summed E-state index contributed by atoms with van der Waals surface area (Å²) in [5.74, 6) is -0.442. The highest BCUT2D eigenvalue weighted by Crippen LogP contribution is 2.24. The predicted octanol–water partition coefficient (Wildman–Crippen LogP) is 1.91. The lowest BCUT2D eigenvalue weighted by Gasteiger charge is -2.20. The van der Waals surface area contributed by atoms with Gasteiger partial charge in [-0.05, 0) is 25.5 Å². The Morgan fingerprint density at radius 2 is 1.96 bits per heavy atom. The van der Waals surface area contributed by atoms with Crippen LogP contribution in [0.15, 0.2) is 45.9 Å². The van der Waals surface area contributed by atoms with E-state index in [0.29, 0.717) is 13.0 Å². The number of rotatable bonds is 8. The number of ether oxygens (including phenoxy) is 1. The largest absolute Gasteiger partial charge is 0.465 e. The summed E-state index contributed by atoms with van der Waals surface area (Å²) in [7, 11) is -2.68. The average molecular weight is 366 g/mol. The van der Waals surface area contributed by atoms with E-state index in [9.17, 15) is 13.2 Å². The number of hydrogen-bond acceptors (Lipinski definition) is 6. The molecule has 0 saturated carbocycles. The van der Waals surface area contributed by atoms with Crippen LogP contribution in [0.3, 0.4) is 0 Å². The number of carbonyl (C=O) groups excluding carboxylic acids is 1. The summed E-state index contributed by atoms with van der Waals surface area (Å²) in [6.07, 6.45) is 0.510. The molecule has 8 heteroatoms. The molecule has 0 fully saturated rings. The molecule has 0 aliphatic rings. The van der Waals surface area contributed by atoms with Gasteiger partial charge in [0.1, 0.15) is 11.3 Å². The number of nitrogens with zero attached hydrogens (tertiary/aromatic N) is 1. The first-order valence-electron chi connectivity index (χ1n) is 7.83. The summed E-state index contributed by atoms with van der Waals surface area (Å²) in [5.41, 5.74) is 6.48. The van der Waals surface area contributed by atoms with Crippen LogP contribution in [0.1, 0.15) is 28.1 Å². The van der Waals surface area contributed by atoms with E-state index in [4.69, 9.17) is 10.2 Å². The fraction of sp³-hybridized carbons (Fsp3) is 0.353. The predicted molar refractivity (Wildman–Crippen MR) is 92.5 cm³/mol. The number of aryl methyl sites for hydroxylation is 1. The van der Waals surface area contributed by atoms with E-state index in [2.05, 4.69) is 4.74 Å². The topological polar surface area (TPSA) is 103 Å². The molecule has 1 heterocycles. The van der Waals surface area contributed by atoms with Gasteiger partial charge in [-0.1, -0.05) is 30.3 Å². The van der Waals surface area contributed by atoms with Crippen molar-refractivity contribution in [2.24, 2.45) is 5.73 Å². The summed E-state index contributed by atoms with van der Waals surface area (Å²) < 4.78 is 37.2. The van der Waals surface area contributed by atoms with Gasteiger partial charge in [0.05, 0.1) is 7.11 Å². The lowest BCUT2D eigenvalue weighted by atomic mass is 10.2. The van der Waals surface area contributed by atoms with Crippen LogP contribution in [-0.2, 0) is 21.3 Å². The number of methoxy groups -OCH3 is 1. The minimum atomic E-state index is -3.91. The highest BCUT2D eigenvalue weighted by Gasteiger charge is 2.30. The molecule has 2 aromatic rings. The van der Waals surface area contributed by atoms with Gasteiger partial charge in [-0.3, -0.25) is 0 Å². The maximum atomic E-state index is 13.0. The fourth-order valence-corrected chi connectivity index (χ4v) is 3.80. The molecular weight excluding hydrogens is 344 g/mol. The van der Waals surface area contributed by atoms with Gasteiger partial charge >= 0.3 is 5.97 Å². The van der Waals surface area contributed by atoms with Crippen molar-refractivity contribution < 1.29 is 22.4 Å². The molecule has 0 aliphatic carbocycles. The number of nitrogens with two attached hydrogens (primary N) is 1. The van der Waals surface area contributed by atoms with Gasteiger partial charge in [-0.15, -0.1) is 0 Å². The first kappa shape index (κ1) is 19.2. The monoisotopic (exact) mass is 366 g/mol. The summed E-state index contributed by atoms with van der Waals surface area (Å²) in [6, 6.07) is 10.4. The molecule has 0 aliphatic heterocycles. The molecule has 2 rings (SSSR count). The van der Waals surface area contributed by atoms with Crippen LogP contribution >= 0.6 is 0 Å². The van der Waals surface area contributed by atoms with E-state index < -0.39 is 16.0 Å². The second kappa shape index (κ2) is 8.28. The molecule has 7 nitrogen and oxygen atoms in total. The van der Waals surface area contributed by atoms with E-state index in [-0.39, 0.29) is 29.5 Å². The standard InChI is InChI=1S/C17H22N2O5S/c1-13-15(17(20)23-2)11-16(24-13)25(21,22)19(10-6-9-18)12-14-7-4-3-5-8-14/h3-5,7-8,11H,6,9-10,12,18H2,1-2H3. The van der Waals surface area contributed by atoms with Crippen LogP contribution in [0.25, 0.3) is 0 Å². The van der Waals surface area contributed by atoms with Crippen LogP contribution < -0.4 is 5.73 Å². The SMILES string of the molecule is COC(=O)c1cc(S(=O)(=O)N(CCCN)Cc2ccccc2)oc1C. The molecule has 0 unspecified atom stereocenters. The molecule has 1 aromatic carbocycles. The lowest BCUT2D eigenvalue weighted by Crippen LogP contribution is -2.32. The molecule has 25 heavy (non-hydrogen) atoms. The van der Waals surface area contributed by atoms with Crippen molar-refractivity contribution in [2.45, 2.75) is 25.0 Å². The van der Waals surface area contributed by atoms with Crippen LogP contribution in [0.4, 0.5) is 0 Å². The van der Waals surface area contributed by atoms with Crippen LogP contribution in [-0.4, -0.2) is 38.9 Å². The molecule has 2 N–H and O–H groups in total. The maximum absolute atomic E-state index is 13.0. The minimum Gasteiger partial charge on any atom is -0.465 e. The zero-order valence-electron chi connectivity index (χ0n) is 14.3. The van der Waals surface area contributed by atoms with Gasteiger partial charge in [0, 0.05) is 19.2 Å². The number of furan rings is 1. The Morgan fingerprint density at radius 1 is 1.28 bits per heavy atom. The number of carbonyl (C=O) groups is 1. The van der Waals surface area contributed by atoms with Crippen molar-refractivity contribution >= 4 is 16.0 Å². The number of sulfonamides is 1. The molecule has 1 aromatic heterocycles. The Kier molecular flexibility index (Phi) is 6.35. The van der Waals surface area contributed by atoms with Gasteiger partial charge < -0.3 is 14.9 Å². The van der Waals surface area contributed by atoms with Gasteiger partial charge in [-0.25, -0.2) is 13.2 Å². The minimum absolute atomic E-state index is 0.0968. The molecule has 0 bridgehead atoms. The maximum Gasteiger partial charge on any atom is 0.341 e. The normalized spacial score (nSPS) is 11.7. The van der Waals surface area contributed by atoms with E-state index in [0.717, 1.165) is 5.56 Å². The van der Waals surface area contributed by atoms with Gasteiger partial charge in [-0.2, -0.15) is 4.31 Å². The third-order valence-corrected chi connectivity index (χ3v) is 5.41. The average Bonchev–Trinajstić information content (AvgIpc) is 3.01. The first-order valence-corrected chi connectivity index (χ1v) is 9.27. The van der Waals surface area contributed by atoms with E-state index in [1.54, 1.807) is 0 Å². The second-order valence-electron chi connectivity index (χ2n) is 5.49. The van der Waals surface area contributed by atoms with Crippen molar-refractivity contribution in [3.8, 4) is 0 Å². The van der Waals surface area contributed by atoms with Crippen molar-refractivity contribution in [2.75, 3.05) is 20.2 Å². The molecule has 136 valence electrons. The Labute approximate surface area is 147 Å². The smallest absolute Gasteiger partial charge is 0.341 e. The van der Waals surface area contributed by atoms with Crippen molar-refractivity contribution in [3.63, 3.8) is 0 Å². The van der Waals surface area contributed by atoms with Gasteiger partial charge in [0.25, 0.3) is 10.0 Å².